The maximum Gasteiger partial charge on any atom is 0.256 e. The van der Waals surface area contributed by atoms with Gasteiger partial charge in [-0.05, 0) is 36.4 Å². The van der Waals surface area contributed by atoms with Gasteiger partial charge in [-0.25, -0.2) is 13.8 Å². The monoisotopic (exact) mass is 482 g/mol. The summed E-state index contributed by atoms with van der Waals surface area (Å²) in [5.74, 6) is 1.19. The fourth-order valence-electron chi connectivity index (χ4n) is 4.70. The molecule has 0 N–H and O–H groups in total. The van der Waals surface area contributed by atoms with Crippen LogP contribution in [-0.2, 0) is 0 Å². The normalized spacial score (nSPS) is 13.9. The first-order valence-corrected chi connectivity index (χ1v) is 11.7. The second-order valence-electron chi connectivity index (χ2n) is 8.57. The summed E-state index contributed by atoms with van der Waals surface area (Å²) < 4.78 is 21.7. The molecule has 180 valence electrons. The highest BCUT2D eigenvalue weighted by atomic mass is 19.1. The van der Waals surface area contributed by atoms with E-state index in [0.29, 0.717) is 49.3 Å². The second kappa shape index (κ2) is 8.92. The number of hydrogen-bond donors (Lipinski definition) is 0. The molecule has 1 aliphatic heterocycles. The summed E-state index contributed by atoms with van der Waals surface area (Å²) in [5.41, 5.74) is 2.40. The second-order valence-corrected chi connectivity index (χ2v) is 8.57. The number of amides is 1. The van der Waals surface area contributed by atoms with Crippen molar-refractivity contribution in [3.63, 3.8) is 0 Å². The Labute approximate surface area is 206 Å². The van der Waals surface area contributed by atoms with E-state index in [9.17, 15) is 9.18 Å². The fourth-order valence-corrected chi connectivity index (χ4v) is 4.70. The van der Waals surface area contributed by atoms with Crippen molar-refractivity contribution in [3.05, 3.63) is 84.2 Å². The number of benzene rings is 3. The molecule has 1 saturated heterocycles. The Balaban J connectivity index is 1.41. The van der Waals surface area contributed by atoms with Crippen molar-refractivity contribution < 1.29 is 13.9 Å². The van der Waals surface area contributed by atoms with Gasteiger partial charge in [-0.2, -0.15) is 0 Å². The molecular formula is C27H23FN6O2. The van der Waals surface area contributed by atoms with Crippen molar-refractivity contribution in [2.75, 3.05) is 38.2 Å². The van der Waals surface area contributed by atoms with Gasteiger partial charge in [0.2, 0.25) is 5.95 Å². The smallest absolute Gasteiger partial charge is 0.256 e. The predicted molar refractivity (Wildman–Crippen MR) is 135 cm³/mol. The maximum absolute atomic E-state index is 14.2. The molecule has 0 bridgehead atoms. The summed E-state index contributed by atoms with van der Waals surface area (Å²) >= 11 is 0. The number of hydrogen-bond acceptors (Lipinski definition) is 6. The molecule has 0 radical (unpaired) electrons. The lowest BCUT2D eigenvalue weighted by atomic mass is 10.1. The van der Waals surface area contributed by atoms with Gasteiger partial charge >= 0.3 is 0 Å². The number of halogens is 1. The molecule has 0 saturated carbocycles. The number of ether oxygens (including phenoxy) is 1. The van der Waals surface area contributed by atoms with E-state index in [4.69, 9.17) is 9.72 Å². The minimum atomic E-state index is -0.506. The number of aromatic nitrogens is 4. The Morgan fingerprint density at radius 1 is 0.889 bits per heavy atom. The molecule has 1 aliphatic rings. The Kier molecular flexibility index (Phi) is 5.44. The average molecular weight is 483 g/mol. The molecule has 0 atom stereocenters. The van der Waals surface area contributed by atoms with E-state index in [-0.39, 0.29) is 11.5 Å². The molecule has 0 aliphatic carbocycles. The molecule has 2 aromatic heterocycles. The van der Waals surface area contributed by atoms with Crippen molar-refractivity contribution in [2.45, 2.75) is 0 Å². The summed E-state index contributed by atoms with van der Waals surface area (Å²) in [5, 5.41) is 9.96. The van der Waals surface area contributed by atoms with E-state index in [2.05, 4.69) is 15.1 Å². The first-order chi connectivity index (χ1) is 17.7. The van der Waals surface area contributed by atoms with Crippen LogP contribution in [0.25, 0.3) is 27.9 Å². The topological polar surface area (TPSA) is 75.9 Å². The summed E-state index contributed by atoms with van der Waals surface area (Å²) in [7, 11) is 1.63. The van der Waals surface area contributed by atoms with Gasteiger partial charge in [0.15, 0.2) is 11.5 Å². The van der Waals surface area contributed by atoms with Gasteiger partial charge in [-0.1, -0.05) is 36.4 Å². The number of anilines is 1. The summed E-state index contributed by atoms with van der Waals surface area (Å²) in [6.07, 6.45) is 0. The number of piperazine rings is 1. The minimum absolute atomic E-state index is 0.0921. The fraction of sp³-hybridized carbons (Fsp3) is 0.185. The predicted octanol–water partition coefficient (Wildman–Crippen LogP) is 4.05. The van der Waals surface area contributed by atoms with E-state index in [1.54, 1.807) is 24.1 Å². The zero-order valence-corrected chi connectivity index (χ0v) is 19.6. The lowest BCUT2D eigenvalue weighted by Crippen LogP contribution is -2.49. The highest BCUT2D eigenvalue weighted by Gasteiger charge is 2.28. The quantitative estimate of drug-likeness (QED) is 0.385. The zero-order valence-electron chi connectivity index (χ0n) is 19.6. The number of nitrogens with zero attached hydrogens (tertiary/aromatic N) is 6. The molecular weight excluding hydrogens is 459 g/mol. The van der Waals surface area contributed by atoms with Gasteiger partial charge in [0.1, 0.15) is 11.6 Å². The Hall–Kier alpha value is -4.53. The number of rotatable bonds is 4. The number of carbonyl (C=O) groups excluding carboxylic acids is 1. The van der Waals surface area contributed by atoms with Crippen molar-refractivity contribution in [1.29, 1.82) is 0 Å². The average Bonchev–Trinajstić information content (AvgIpc) is 3.38. The third-order valence-corrected chi connectivity index (χ3v) is 6.53. The number of para-hydroxylation sites is 2. The number of carbonyl (C=O) groups is 1. The van der Waals surface area contributed by atoms with Crippen molar-refractivity contribution >= 4 is 28.4 Å². The van der Waals surface area contributed by atoms with Crippen LogP contribution < -0.4 is 9.64 Å². The largest absolute Gasteiger partial charge is 0.496 e. The van der Waals surface area contributed by atoms with Crippen LogP contribution in [0.15, 0.2) is 72.8 Å². The van der Waals surface area contributed by atoms with E-state index in [1.807, 2.05) is 52.9 Å². The van der Waals surface area contributed by atoms with Crippen molar-refractivity contribution in [3.8, 4) is 17.1 Å². The van der Waals surface area contributed by atoms with E-state index < -0.39 is 5.82 Å². The van der Waals surface area contributed by atoms with E-state index >= 15 is 0 Å². The van der Waals surface area contributed by atoms with Gasteiger partial charge in [0, 0.05) is 31.6 Å². The molecule has 3 heterocycles. The zero-order chi connectivity index (χ0) is 24.6. The molecule has 1 amide bonds. The number of methoxy groups -OCH3 is 1. The summed E-state index contributed by atoms with van der Waals surface area (Å²) in [6, 6.07) is 21.6. The molecule has 36 heavy (non-hydrogen) atoms. The third kappa shape index (κ3) is 3.60. The Bertz CT molecular complexity index is 1590. The van der Waals surface area contributed by atoms with Gasteiger partial charge in [0.05, 0.1) is 23.8 Å². The molecule has 9 heteroatoms. The van der Waals surface area contributed by atoms with Crippen LogP contribution in [0.3, 0.4) is 0 Å². The van der Waals surface area contributed by atoms with Crippen LogP contribution in [0.4, 0.5) is 10.3 Å². The molecule has 8 nitrogen and oxygen atoms in total. The van der Waals surface area contributed by atoms with Crippen LogP contribution in [0.2, 0.25) is 0 Å². The highest BCUT2D eigenvalue weighted by Crippen LogP contribution is 2.33. The SMILES string of the molecule is COc1ccccc1-c1nnc2c3ccccc3nc(N3CCN(C(=O)c4ccccc4F)CC3)n12. The minimum Gasteiger partial charge on any atom is -0.496 e. The van der Waals surface area contributed by atoms with Crippen molar-refractivity contribution in [1.82, 2.24) is 24.5 Å². The Morgan fingerprint density at radius 2 is 1.61 bits per heavy atom. The van der Waals surface area contributed by atoms with Gasteiger partial charge in [0.25, 0.3) is 5.91 Å². The first kappa shape index (κ1) is 22.0. The standard InChI is InChI=1S/C27H23FN6O2/c1-36-23-13-7-4-10-20(23)25-31-30-24-19-9-3-6-12-22(19)29-27(34(24)25)33-16-14-32(15-17-33)26(35)18-8-2-5-11-21(18)28/h2-13H,14-17H2,1H3. The van der Waals surface area contributed by atoms with Crippen LogP contribution in [0.5, 0.6) is 5.75 Å². The first-order valence-electron chi connectivity index (χ1n) is 11.7. The molecule has 0 unspecified atom stereocenters. The molecule has 1 fully saturated rings. The summed E-state index contributed by atoms with van der Waals surface area (Å²) in [4.78, 5) is 21.7. The molecule has 6 rings (SSSR count). The van der Waals surface area contributed by atoms with Crippen LogP contribution in [0.1, 0.15) is 10.4 Å². The number of fused-ring (bicyclic) bond motifs is 3. The molecule has 0 spiro atoms. The summed E-state index contributed by atoms with van der Waals surface area (Å²) in [6.45, 7) is 1.94. The van der Waals surface area contributed by atoms with E-state index in [0.717, 1.165) is 16.5 Å². The maximum atomic E-state index is 14.2. The van der Waals surface area contributed by atoms with Gasteiger partial charge < -0.3 is 14.5 Å². The van der Waals surface area contributed by atoms with Gasteiger partial charge in [-0.15, -0.1) is 10.2 Å². The highest BCUT2D eigenvalue weighted by molar-refractivity contribution is 5.95. The third-order valence-electron chi connectivity index (χ3n) is 6.53. The molecule has 5 aromatic rings. The van der Waals surface area contributed by atoms with Crippen LogP contribution in [0, 0.1) is 5.82 Å². The van der Waals surface area contributed by atoms with E-state index in [1.165, 1.54) is 12.1 Å². The Morgan fingerprint density at radius 3 is 2.42 bits per heavy atom. The van der Waals surface area contributed by atoms with Crippen LogP contribution >= 0.6 is 0 Å². The van der Waals surface area contributed by atoms with Crippen LogP contribution in [-0.4, -0.2) is 63.7 Å². The lowest BCUT2D eigenvalue weighted by molar-refractivity contribution is 0.0741. The van der Waals surface area contributed by atoms with Gasteiger partial charge in [-0.3, -0.25) is 4.79 Å². The van der Waals surface area contributed by atoms with Crippen molar-refractivity contribution in [2.24, 2.45) is 0 Å². The lowest BCUT2D eigenvalue weighted by Gasteiger charge is -2.35. The molecule has 3 aromatic carbocycles.